The molecule has 1 fully saturated rings. The molecule has 8 heteroatoms. The van der Waals surface area contributed by atoms with Crippen LogP contribution in [0.3, 0.4) is 0 Å². The summed E-state index contributed by atoms with van der Waals surface area (Å²) >= 11 is 3.48. The van der Waals surface area contributed by atoms with Crippen LogP contribution in [-0.4, -0.2) is 48.6 Å². The van der Waals surface area contributed by atoms with E-state index in [1.807, 2.05) is 29.2 Å². The summed E-state index contributed by atoms with van der Waals surface area (Å²) in [5.74, 6) is 0.210. The molecule has 1 aliphatic heterocycles. The molecule has 1 saturated heterocycles. The molecule has 31 heavy (non-hydrogen) atoms. The first-order valence-corrected chi connectivity index (χ1v) is 11.0. The summed E-state index contributed by atoms with van der Waals surface area (Å²) in [6.07, 6.45) is 0.994. The van der Waals surface area contributed by atoms with Gasteiger partial charge in [0, 0.05) is 29.2 Å². The fraction of sp³-hybridized carbons (Fsp3) is 0.348. The normalized spacial score (nSPS) is 14.1. The maximum Gasteiger partial charge on any atom is 0.513 e. The van der Waals surface area contributed by atoms with E-state index in [-0.39, 0.29) is 24.5 Å². The summed E-state index contributed by atoms with van der Waals surface area (Å²) in [5.41, 5.74) is 1.45. The van der Waals surface area contributed by atoms with E-state index in [9.17, 15) is 14.4 Å². The first-order chi connectivity index (χ1) is 15.0. The van der Waals surface area contributed by atoms with Gasteiger partial charge >= 0.3 is 6.16 Å². The number of benzene rings is 2. The SMILES string of the molecule is CCOC(=O)Oc1ccc(C(=O)NC2CCN(C(=O)Cc3ccccc3Br)CC2)cc1. The van der Waals surface area contributed by atoms with Crippen molar-refractivity contribution in [3.63, 3.8) is 0 Å². The van der Waals surface area contributed by atoms with Crippen LogP contribution in [0.25, 0.3) is 0 Å². The highest BCUT2D eigenvalue weighted by molar-refractivity contribution is 9.10. The third-order valence-corrected chi connectivity index (χ3v) is 5.84. The van der Waals surface area contributed by atoms with Crippen molar-refractivity contribution in [2.75, 3.05) is 19.7 Å². The Morgan fingerprint density at radius 2 is 1.74 bits per heavy atom. The number of nitrogens with one attached hydrogen (secondary N) is 1. The number of hydrogen-bond acceptors (Lipinski definition) is 5. The number of halogens is 1. The minimum Gasteiger partial charge on any atom is -0.434 e. The lowest BCUT2D eigenvalue weighted by Crippen LogP contribution is -2.47. The number of carbonyl (C=O) groups excluding carboxylic acids is 3. The quantitative estimate of drug-likeness (QED) is 0.491. The topological polar surface area (TPSA) is 84.9 Å². The largest absolute Gasteiger partial charge is 0.513 e. The molecular weight excluding hydrogens is 464 g/mol. The molecule has 1 N–H and O–H groups in total. The van der Waals surface area contributed by atoms with Crippen molar-refractivity contribution in [1.29, 1.82) is 0 Å². The molecular formula is C23H25BrN2O5. The van der Waals surface area contributed by atoms with Gasteiger partial charge in [0.1, 0.15) is 5.75 Å². The second-order valence-corrected chi connectivity index (χ2v) is 8.06. The first-order valence-electron chi connectivity index (χ1n) is 10.2. The van der Waals surface area contributed by atoms with Crippen molar-refractivity contribution >= 4 is 33.9 Å². The highest BCUT2D eigenvalue weighted by Gasteiger charge is 2.24. The highest BCUT2D eigenvalue weighted by Crippen LogP contribution is 2.19. The number of amides is 2. The highest BCUT2D eigenvalue weighted by atomic mass is 79.9. The summed E-state index contributed by atoms with van der Waals surface area (Å²) in [6.45, 7) is 3.14. The maximum absolute atomic E-state index is 12.6. The molecule has 1 aliphatic rings. The zero-order valence-electron chi connectivity index (χ0n) is 17.3. The summed E-state index contributed by atoms with van der Waals surface area (Å²) in [7, 11) is 0. The Bertz CT molecular complexity index is 924. The maximum atomic E-state index is 12.6. The number of likely N-dealkylation sites (tertiary alicyclic amines) is 1. The Labute approximate surface area is 189 Å². The van der Waals surface area contributed by atoms with Crippen molar-refractivity contribution < 1.29 is 23.9 Å². The third kappa shape index (κ3) is 6.55. The molecule has 2 amide bonds. The predicted octanol–water partition coefficient (Wildman–Crippen LogP) is 3.95. The number of ether oxygens (including phenoxy) is 2. The van der Waals surface area contributed by atoms with E-state index in [0.717, 1.165) is 10.0 Å². The molecule has 7 nitrogen and oxygen atoms in total. The summed E-state index contributed by atoms with van der Waals surface area (Å²) < 4.78 is 10.6. The molecule has 0 bridgehead atoms. The molecule has 0 aliphatic carbocycles. The molecule has 0 atom stereocenters. The van der Waals surface area contributed by atoms with E-state index >= 15 is 0 Å². The van der Waals surface area contributed by atoms with Gasteiger partial charge in [-0.15, -0.1) is 0 Å². The summed E-state index contributed by atoms with van der Waals surface area (Å²) in [5, 5.41) is 3.02. The zero-order valence-corrected chi connectivity index (χ0v) is 18.9. The Morgan fingerprint density at radius 1 is 1.06 bits per heavy atom. The van der Waals surface area contributed by atoms with E-state index in [1.165, 1.54) is 0 Å². The van der Waals surface area contributed by atoms with E-state index in [2.05, 4.69) is 21.2 Å². The third-order valence-electron chi connectivity index (χ3n) is 5.06. The standard InChI is InChI=1S/C23H25BrN2O5/c1-2-30-23(29)31-19-9-7-16(8-10-19)22(28)25-18-11-13-26(14-12-18)21(27)15-17-5-3-4-6-20(17)24/h3-10,18H,2,11-15H2,1H3,(H,25,28). The zero-order chi connectivity index (χ0) is 22.2. The van der Waals surface area contributed by atoms with Crippen LogP contribution in [0.2, 0.25) is 0 Å². The van der Waals surface area contributed by atoms with Gasteiger partial charge in [0.2, 0.25) is 5.91 Å². The Balaban J connectivity index is 1.46. The Morgan fingerprint density at radius 3 is 2.39 bits per heavy atom. The van der Waals surface area contributed by atoms with E-state index in [4.69, 9.17) is 9.47 Å². The predicted molar refractivity (Wildman–Crippen MR) is 119 cm³/mol. The lowest BCUT2D eigenvalue weighted by atomic mass is 10.0. The molecule has 0 unspecified atom stereocenters. The van der Waals surface area contributed by atoms with Crippen LogP contribution >= 0.6 is 15.9 Å². The van der Waals surface area contributed by atoms with E-state index in [0.29, 0.717) is 43.7 Å². The van der Waals surface area contributed by atoms with Crippen molar-refractivity contribution in [3.05, 3.63) is 64.1 Å². The summed E-state index contributed by atoms with van der Waals surface area (Å²) in [4.78, 5) is 38.3. The van der Waals surface area contributed by atoms with Crippen LogP contribution in [0.15, 0.2) is 53.0 Å². The fourth-order valence-corrected chi connectivity index (χ4v) is 3.80. The fourth-order valence-electron chi connectivity index (χ4n) is 3.38. The lowest BCUT2D eigenvalue weighted by molar-refractivity contribution is -0.131. The second kappa shape index (κ2) is 10.9. The number of rotatable bonds is 6. The van der Waals surface area contributed by atoms with Gasteiger partial charge in [0.05, 0.1) is 13.0 Å². The molecule has 0 aromatic heterocycles. The average Bonchev–Trinajstić information content (AvgIpc) is 2.76. The van der Waals surface area contributed by atoms with Crippen LogP contribution in [0.4, 0.5) is 4.79 Å². The van der Waals surface area contributed by atoms with E-state index < -0.39 is 6.16 Å². The molecule has 1 heterocycles. The van der Waals surface area contributed by atoms with E-state index in [1.54, 1.807) is 31.2 Å². The molecule has 3 rings (SSSR count). The average molecular weight is 489 g/mol. The number of nitrogens with zero attached hydrogens (tertiary/aromatic N) is 1. The molecule has 0 radical (unpaired) electrons. The molecule has 0 spiro atoms. The van der Waals surface area contributed by atoms with Crippen LogP contribution in [0, 0.1) is 0 Å². The monoisotopic (exact) mass is 488 g/mol. The lowest BCUT2D eigenvalue weighted by Gasteiger charge is -2.32. The van der Waals surface area contributed by atoms with Gasteiger partial charge in [0.25, 0.3) is 5.91 Å². The smallest absolute Gasteiger partial charge is 0.434 e. The number of hydrogen-bond donors (Lipinski definition) is 1. The van der Waals surface area contributed by atoms with Gasteiger partial charge in [-0.1, -0.05) is 34.1 Å². The van der Waals surface area contributed by atoms with Gasteiger partial charge in [0.15, 0.2) is 0 Å². The molecule has 164 valence electrons. The summed E-state index contributed by atoms with van der Waals surface area (Å²) in [6, 6.07) is 14.0. The van der Waals surface area contributed by atoms with Crippen molar-refractivity contribution in [2.45, 2.75) is 32.2 Å². The van der Waals surface area contributed by atoms with Crippen molar-refractivity contribution in [3.8, 4) is 5.75 Å². The number of carbonyl (C=O) groups is 3. The van der Waals surface area contributed by atoms with Crippen LogP contribution in [0.5, 0.6) is 5.75 Å². The molecule has 2 aromatic rings. The molecule has 0 saturated carbocycles. The Hall–Kier alpha value is -2.87. The van der Waals surface area contributed by atoms with Gasteiger partial charge in [-0.05, 0) is 55.7 Å². The van der Waals surface area contributed by atoms with Crippen LogP contribution in [-0.2, 0) is 16.0 Å². The van der Waals surface area contributed by atoms with Crippen LogP contribution in [0.1, 0.15) is 35.7 Å². The second-order valence-electron chi connectivity index (χ2n) is 7.21. The first kappa shape index (κ1) is 22.8. The van der Waals surface area contributed by atoms with Crippen molar-refractivity contribution in [1.82, 2.24) is 10.2 Å². The van der Waals surface area contributed by atoms with Gasteiger partial charge in [-0.3, -0.25) is 9.59 Å². The number of piperidine rings is 1. The van der Waals surface area contributed by atoms with Crippen molar-refractivity contribution in [2.24, 2.45) is 0 Å². The molecule has 2 aromatic carbocycles. The minimum absolute atomic E-state index is 0.00969. The van der Waals surface area contributed by atoms with Crippen LogP contribution < -0.4 is 10.1 Å². The minimum atomic E-state index is -0.777. The van der Waals surface area contributed by atoms with Gasteiger partial charge in [-0.25, -0.2) is 4.79 Å². The Kier molecular flexibility index (Phi) is 8.06. The van der Waals surface area contributed by atoms with Gasteiger partial charge < -0.3 is 19.7 Å². The van der Waals surface area contributed by atoms with Gasteiger partial charge in [-0.2, -0.15) is 0 Å².